The molecule has 3 heteroatoms. The maximum atomic E-state index is 13.8. The molecule has 0 amide bonds. The molecule has 4 rings (SSSR count). The third-order valence-electron chi connectivity index (χ3n) is 5.04. The van der Waals surface area contributed by atoms with Crippen molar-refractivity contribution in [1.82, 2.24) is 5.32 Å². The third kappa shape index (κ3) is 2.25. The van der Waals surface area contributed by atoms with Crippen LogP contribution in [0.5, 0.6) is 0 Å². The zero-order chi connectivity index (χ0) is 15.1. The van der Waals surface area contributed by atoms with Gasteiger partial charge in [-0.2, -0.15) is 0 Å². The first-order chi connectivity index (χ1) is 10.8. The van der Waals surface area contributed by atoms with Gasteiger partial charge in [0.2, 0.25) is 0 Å². The summed E-state index contributed by atoms with van der Waals surface area (Å²) in [6.07, 6.45) is 1.83. The molecule has 1 unspecified atom stereocenters. The number of ether oxygens (including phenoxy) is 1. The fraction of sp³-hybridized carbons (Fsp3) is 0.368. The molecular weight excluding hydrogens is 277 g/mol. The van der Waals surface area contributed by atoms with E-state index >= 15 is 0 Å². The summed E-state index contributed by atoms with van der Waals surface area (Å²) < 4.78 is 20.0. The van der Waals surface area contributed by atoms with E-state index in [2.05, 4.69) is 29.6 Å². The Morgan fingerprint density at radius 2 is 1.91 bits per heavy atom. The third-order valence-corrected chi connectivity index (χ3v) is 5.04. The summed E-state index contributed by atoms with van der Waals surface area (Å²) >= 11 is 0. The van der Waals surface area contributed by atoms with Gasteiger partial charge in [0, 0.05) is 12.0 Å². The van der Waals surface area contributed by atoms with E-state index in [0.29, 0.717) is 12.6 Å². The normalized spacial score (nSPS) is 26.5. The molecule has 1 fully saturated rings. The van der Waals surface area contributed by atoms with Crippen molar-refractivity contribution in [3.05, 3.63) is 70.5 Å². The average Bonchev–Trinajstić information content (AvgIpc) is 2.69. The van der Waals surface area contributed by atoms with Gasteiger partial charge in [-0.1, -0.05) is 30.3 Å². The van der Waals surface area contributed by atoms with E-state index in [4.69, 9.17) is 4.74 Å². The van der Waals surface area contributed by atoms with Gasteiger partial charge in [0.05, 0.1) is 12.7 Å². The van der Waals surface area contributed by atoms with Crippen LogP contribution in [0.25, 0.3) is 0 Å². The molecule has 0 saturated carbocycles. The summed E-state index contributed by atoms with van der Waals surface area (Å²) in [4.78, 5) is 0. The minimum absolute atomic E-state index is 0.0426. The SMILES string of the molecule is CN[C@@H]1CO[C@@H]2c3cc(F)ccc3Cc3ccccc3C2C1. The number of nitrogens with one attached hydrogen (secondary N) is 1. The lowest BCUT2D eigenvalue weighted by Gasteiger charge is -2.36. The van der Waals surface area contributed by atoms with Crippen LogP contribution in [0.3, 0.4) is 0 Å². The number of fused-ring (bicyclic) bond motifs is 5. The molecule has 2 nitrogen and oxygen atoms in total. The van der Waals surface area contributed by atoms with E-state index in [0.717, 1.165) is 18.4 Å². The molecule has 1 saturated heterocycles. The van der Waals surface area contributed by atoms with E-state index in [1.165, 1.54) is 16.7 Å². The first-order valence-electron chi connectivity index (χ1n) is 7.91. The van der Waals surface area contributed by atoms with Crippen LogP contribution in [0.15, 0.2) is 42.5 Å². The lowest BCUT2D eigenvalue weighted by atomic mass is 9.82. The first-order valence-corrected chi connectivity index (χ1v) is 7.91. The Bertz CT molecular complexity index is 700. The predicted molar refractivity (Wildman–Crippen MR) is 84.5 cm³/mol. The zero-order valence-electron chi connectivity index (χ0n) is 12.7. The molecule has 0 bridgehead atoms. The van der Waals surface area contributed by atoms with E-state index in [1.54, 1.807) is 12.1 Å². The molecule has 0 spiro atoms. The van der Waals surface area contributed by atoms with Crippen molar-refractivity contribution in [2.45, 2.75) is 30.9 Å². The van der Waals surface area contributed by atoms with Gasteiger partial charge in [0.15, 0.2) is 0 Å². The highest BCUT2D eigenvalue weighted by molar-refractivity contribution is 5.44. The maximum absolute atomic E-state index is 13.8. The smallest absolute Gasteiger partial charge is 0.123 e. The van der Waals surface area contributed by atoms with Crippen molar-refractivity contribution < 1.29 is 9.13 Å². The van der Waals surface area contributed by atoms with Crippen molar-refractivity contribution in [3.63, 3.8) is 0 Å². The van der Waals surface area contributed by atoms with Crippen LogP contribution in [0.2, 0.25) is 0 Å². The summed E-state index contributed by atoms with van der Waals surface area (Å²) in [6, 6.07) is 14.1. The average molecular weight is 297 g/mol. The maximum Gasteiger partial charge on any atom is 0.123 e. The predicted octanol–water partition coefficient (Wildman–Crippen LogP) is 3.56. The Morgan fingerprint density at radius 1 is 1.09 bits per heavy atom. The Morgan fingerprint density at radius 3 is 2.77 bits per heavy atom. The van der Waals surface area contributed by atoms with Crippen LogP contribution >= 0.6 is 0 Å². The van der Waals surface area contributed by atoms with E-state index in [1.807, 2.05) is 13.1 Å². The molecule has 114 valence electrons. The summed E-state index contributed by atoms with van der Waals surface area (Å²) in [5.74, 6) is 0.105. The highest BCUT2D eigenvalue weighted by Gasteiger charge is 2.37. The quantitative estimate of drug-likeness (QED) is 0.869. The summed E-state index contributed by atoms with van der Waals surface area (Å²) in [7, 11) is 1.98. The second kappa shape index (κ2) is 5.49. The molecule has 1 aliphatic heterocycles. The molecule has 2 aliphatic rings. The molecule has 1 N–H and O–H groups in total. The van der Waals surface area contributed by atoms with Crippen LogP contribution < -0.4 is 5.32 Å². The minimum Gasteiger partial charge on any atom is -0.371 e. The van der Waals surface area contributed by atoms with Gasteiger partial charge in [-0.25, -0.2) is 4.39 Å². The summed E-state index contributed by atoms with van der Waals surface area (Å²) in [6.45, 7) is 0.676. The Labute approximate surface area is 130 Å². The highest BCUT2D eigenvalue weighted by Crippen LogP contribution is 2.46. The lowest BCUT2D eigenvalue weighted by Crippen LogP contribution is -2.39. The number of likely N-dealkylation sites (N-methyl/N-ethyl adjacent to an activating group) is 1. The standard InChI is InChI=1S/C19H20FNO/c1-21-15-10-18-16-5-3-2-4-12(16)8-13-6-7-14(20)9-17(13)19(18)22-11-15/h2-7,9,15,18-19,21H,8,10-11H2,1H3/t15-,18?,19+/m0/s1. The molecule has 2 aromatic rings. The van der Waals surface area contributed by atoms with Crippen molar-refractivity contribution in [2.75, 3.05) is 13.7 Å². The molecule has 0 radical (unpaired) electrons. The van der Waals surface area contributed by atoms with Gasteiger partial charge >= 0.3 is 0 Å². The number of rotatable bonds is 1. The topological polar surface area (TPSA) is 21.3 Å². The second-order valence-electron chi connectivity index (χ2n) is 6.30. The van der Waals surface area contributed by atoms with E-state index in [-0.39, 0.29) is 17.8 Å². The fourth-order valence-electron chi connectivity index (χ4n) is 3.89. The van der Waals surface area contributed by atoms with Crippen LogP contribution in [-0.4, -0.2) is 19.7 Å². The number of halogens is 1. The van der Waals surface area contributed by atoms with Crippen molar-refractivity contribution in [2.24, 2.45) is 0 Å². The monoisotopic (exact) mass is 297 g/mol. The van der Waals surface area contributed by atoms with Crippen LogP contribution in [0, 0.1) is 5.82 Å². The molecule has 1 heterocycles. The van der Waals surface area contributed by atoms with Crippen LogP contribution in [0.1, 0.15) is 40.7 Å². The zero-order valence-corrected chi connectivity index (χ0v) is 12.7. The summed E-state index contributed by atoms with van der Waals surface area (Å²) in [5, 5.41) is 3.32. The number of hydrogen-bond donors (Lipinski definition) is 1. The highest BCUT2D eigenvalue weighted by atomic mass is 19.1. The second-order valence-corrected chi connectivity index (χ2v) is 6.30. The Hall–Kier alpha value is -1.71. The lowest BCUT2D eigenvalue weighted by molar-refractivity contribution is -0.0190. The Balaban J connectivity index is 1.87. The van der Waals surface area contributed by atoms with Crippen LogP contribution in [0.4, 0.5) is 4.39 Å². The van der Waals surface area contributed by atoms with Gasteiger partial charge in [-0.3, -0.25) is 0 Å². The molecule has 0 aromatic heterocycles. The first kappa shape index (κ1) is 13.9. The van der Waals surface area contributed by atoms with Gasteiger partial charge in [-0.15, -0.1) is 0 Å². The van der Waals surface area contributed by atoms with Gasteiger partial charge in [-0.05, 0) is 54.3 Å². The minimum atomic E-state index is -0.178. The van der Waals surface area contributed by atoms with Gasteiger partial charge in [0.1, 0.15) is 5.82 Å². The molecule has 3 atom stereocenters. The number of benzene rings is 2. The van der Waals surface area contributed by atoms with Crippen molar-refractivity contribution in [3.8, 4) is 0 Å². The number of hydrogen-bond acceptors (Lipinski definition) is 2. The van der Waals surface area contributed by atoms with E-state index < -0.39 is 0 Å². The summed E-state index contributed by atoms with van der Waals surface area (Å²) in [5.41, 5.74) is 4.90. The molecular formula is C19H20FNO. The van der Waals surface area contributed by atoms with Crippen molar-refractivity contribution >= 4 is 0 Å². The van der Waals surface area contributed by atoms with Crippen LogP contribution in [-0.2, 0) is 11.2 Å². The molecule has 2 aromatic carbocycles. The van der Waals surface area contributed by atoms with Crippen molar-refractivity contribution in [1.29, 1.82) is 0 Å². The van der Waals surface area contributed by atoms with Gasteiger partial charge in [0.25, 0.3) is 0 Å². The fourth-order valence-corrected chi connectivity index (χ4v) is 3.89. The molecule has 22 heavy (non-hydrogen) atoms. The largest absolute Gasteiger partial charge is 0.371 e. The van der Waals surface area contributed by atoms with E-state index in [9.17, 15) is 4.39 Å². The Kier molecular flexibility index (Phi) is 3.47. The van der Waals surface area contributed by atoms with Gasteiger partial charge < -0.3 is 10.1 Å². The molecule has 1 aliphatic carbocycles.